The zero-order valence-electron chi connectivity index (χ0n) is 17.0. The van der Waals surface area contributed by atoms with Crippen LogP contribution in [0, 0.1) is 22.9 Å². The zero-order valence-corrected chi connectivity index (χ0v) is 18.6. The van der Waals surface area contributed by atoms with Crippen molar-refractivity contribution < 1.29 is 0 Å². The number of nitrogens with zero attached hydrogens (tertiary/aromatic N) is 6. The first-order valence-corrected chi connectivity index (χ1v) is 9.88. The summed E-state index contributed by atoms with van der Waals surface area (Å²) in [6.07, 6.45) is 3.85. The lowest BCUT2D eigenvalue weighted by atomic mass is 10.2. The Bertz CT molecular complexity index is 967. The van der Waals surface area contributed by atoms with Gasteiger partial charge in [0.2, 0.25) is 12.4 Å². The highest BCUT2D eigenvalue weighted by Gasteiger charge is 2.14. The standard InChI is InChI=1S/C21H20N8S2/c1-28(20(24-14-22)16-9-5-3-6-10-16)26-18(30)13-19(31)27-29(2)21(25-15-23)17-11-7-4-8-12-17/h3-12H,13H2,1-2H3,(H,26,30)(H,27,31). The van der Waals surface area contributed by atoms with Crippen LogP contribution in [0.5, 0.6) is 0 Å². The van der Waals surface area contributed by atoms with Crippen molar-refractivity contribution in [2.24, 2.45) is 9.98 Å². The van der Waals surface area contributed by atoms with Gasteiger partial charge in [0.25, 0.3) is 0 Å². The summed E-state index contributed by atoms with van der Waals surface area (Å²) in [6, 6.07) is 18.6. The highest BCUT2D eigenvalue weighted by Crippen LogP contribution is 2.05. The molecule has 2 aromatic carbocycles. The van der Waals surface area contributed by atoms with Gasteiger partial charge in [-0.25, -0.2) is 0 Å². The van der Waals surface area contributed by atoms with E-state index >= 15 is 0 Å². The Morgan fingerprint density at radius 2 is 1.13 bits per heavy atom. The first-order valence-electron chi connectivity index (χ1n) is 9.07. The minimum atomic E-state index is 0.239. The molecule has 2 aromatic rings. The Morgan fingerprint density at radius 3 is 1.45 bits per heavy atom. The number of hydrogen-bond acceptors (Lipinski definition) is 6. The highest BCUT2D eigenvalue weighted by molar-refractivity contribution is 7.82. The van der Waals surface area contributed by atoms with E-state index in [4.69, 9.17) is 35.0 Å². The molecule has 0 aliphatic carbocycles. The van der Waals surface area contributed by atoms with Crippen molar-refractivity contribution in [3.8, 4) is 12.4 Å². The number of amidine groups is 2. The molecule has 0 radical (unpaired) electrons. The predicted octanol–water partition coefficient (Wildman–Crippen LogP) is 2.76. The third-order valence-corrected chi connectivity index (χ3v) is 4.39. The van der Waals surface area contributed by atoms with Gasteiger partial charge in [0.1, 0.15) is 9.98 Å². The molecule has 31 heavy (non-hydrogen) atoms. The maximum atomic E-state index is 9.02. The minimum absolute atomic E-state index is 0.239. The summed E-state index contributed by atoms with van der Waals surface area (Å²) in [5.74, 6) is 0.850. The summed E-state index contributed by atoms with van der Waals surface area (Å²) in [5.41, 5.74) is 7.55. The molecule has 156 valence electrons. The van der Waals surface area contributed by atoms with Crippen LogP contribution in [0.4, 0.5) is 0 Å². The minimum Gasteiger partial charge on any atom is -0.290 e. The number of nitrogens with one attached hydrogen (secondary N) is 2. The van der Waals surface area contributed by atoms with Crippen molar-refractivity contribution in [1.29, 1.82) is 10.5 Å². The molecule has 0 saturated heterocycles. The summed E-state index contributed by atoms with van der Waals surface area (Å²) in [6.45, 7) is 0. The largest absolute Gasteiger partial charge is 0.290 e. The molecule has 0 unspecified atom stereocenters. The Kier molecular flexibility index (Phi) is 9.05. The molecular formula is C21H20N8S2. The van der Waals surface area contributed by atoms with Crippen LogP contribution in [-0.4, -0.2) is 45.8 Å². The van der Waals surface area contributed by atoms with E-state index in [-0.39, 0.29) is 6.42 Å². The maximum absolute atomic E-state index is 9.02. The van der Waals surface area contributed by atoms with Gasteiger partial charge in [-0.2, -0.15) is 20.5 Å². The third-order valence-electron chi connectivity index (χ3n) is 3.92. The third kappa shape index (κ3) is 7.16. The summed E-state index contributed by atoms with van der Waals surface area (Å²) in [7, 11) is 3.43. The number of rotatable bonds is 4. The van der Waals surface area contributed by atoms with E-state index in [2.05, 4.69) is 20.8 Å². The number of nitriles is 2. The number of aliphatic imine (C=N–C) groups is 2. The van der Waals surface area contributed by atoms with Crippen molar-refractivity contribution >= 4 is 46.1 Å². The average molecular weight is 449 g/mol. The quantitative estimate of drug-likeness (QED) is 0.242. The van der Waals surface area contributed by atoms with E-state index in [1.165, 1.54) is 0 Å². The normalized spacial score (nSPS) is 11.0. The van der Waals surface area contributed by atoms with Crippen LogP contribution in [0.15, 0.2) is 70.6 Å². The van der Waals surface area contributed by atoms with Gasteiger partial charge in [0.15, 0.2) is 11.7 Å². The van der Waals surface area contributed by atoms with E-state index in [0.717, 1.165) is 11.1 Å². The molecule has 10 heteroatoms. The SMILES string of the molecule is CN(NC(=S)CC(=S)NN(C)C(=NC#N)c1ccccc1)C(=NC#N)c1ccccc1. The van der Waals surface area contributed by atoms with Gasteiger partial charge in [0.05, 0.1) is 6.42 Å². The number of benzene rings is 2. The van der Waals surface area contributed by atoms with Crippen LogP contribution < -0.4 is 10.9 Å². The van der Waals surface area contributed by atoms with Gasteiger partial charge in [-0.15, -0.1) is 0 Å². The molecule has 0 fully saturated rings. The highest BCUT2D eigenvalue weighted by atomic mass is 32.1. The smallest absolute Gasteiger partial charge is 0.207 e. The van der Waals surface area contributed by atoms with Crippen molar-refractivity contribution in [3.05, 3.63) is 71.8 Å². The van der Waals surface area contributed by atoms with Crippen molar-refractivity contribution in [2.75, 3.05) is 14.1 Å². The lowest BCUT2D eigenvalue weighted by Crippen LogP contribution is -2.47. The van der Waals surface area contributed by atoms with Gasteiger partial charge in [-0.3, -0.25) is 20.9 Å². The Morgan fingerprint density at radius 1 is 0.774 bits per heavy atom. The Hall–Kier alpha value is -3.86. The van der Waals surface area contributed by atoms with Crippen LogP contribution in [-0.2, 0) is 0 Å². The van der Waals surface area contributed by atoms with Crippen LogP contribution in [0.3, 0.4) is 0 Å². The van der Waals surface area contributed by atoms with E-state index in [1.807, 2.05) is 60.7 Å². The molecule has 0 spiro atoms. The lowest BCUT2D eigenvalue weighted by molar-refractivity contribution is 0.451. The van der Waals surface area contributed by atoms with E-state index in [9.17, 15) is 0 Å². The average Bonchev–Trinajstić information content (AvgIpc) is 2.76. The van der Waals surface area contributed by atoms with Crippen molar-refractivity contribution in [3.63, 3.8) is 0 Å². The topological polar surface area (TPSA) is 103 Å². The predicted molar refractivity (Wildman–Crippen MR) is 129 cm³/mol. The molecule has 8 nitrogen and oxygen atoms in total. The fourth-order valence-corrected chi connectivity index (χ4v) is 3.29. The second-order valence-corrected chi connectivity index (χ2v) is 7.15. The fourth-order valence-electron chi connectivity index (χ4n) is 2.64. The molecule has 0 aliphatic heterocycles. The van der Waals surface area contributed by atoms with E-state index < -0.39 is 0 Å². The Balaban J connectivity index is 1.99. The fraction of sp³-hybridized carbons (Fsp3) is 0.143. The molecule has 2 N–H and O–H groups in total. The summed E-state index contributed by atoms with van der Waals surface area (Å²) < 4.78 is 0. The summed E-state index contributed by atoms with van der Waals surface area (Å²) in [4.78, 5) is 8.60. The number of hydrazine groups is 2. The van der Waals surface area contributed by atoms with Crippen molar-refractivity contribution in [2.45, 2.75) is 6.42 Å². The first-order chi connectivity index (χ1) is 15.0. The van der Waals surface area contributed by atoms with Crippen LogP contribution >= 0.6 is 24.4 Å². The molecular weight excluding hydrogens is 428 g/mol. The molecule has 0 amide bonds. The van der Waals surface area contributed by atoms with E-state index in [0.29, 0.717) is 21.6 Å². The van der Waals surface area contributed by atoms with E-state index in [1.54, 1.807) is 36.5 Å². The number of hydrogen-bond donors (Lipinski definition) is 2. The first kappa shape index (κ1) is 23.4. The molecule has 0 aromatic heterocycles. The zero-order chi connectivity index (χ0) is 22.6. The molecule has 0 aliphatic rings. The van der Waals surface area contributed by atoms with Gasteiger partial charge in [-0.1, -0.05) is 85.1 Å². The van der Waals surface area contributed by atoms with Crippen molar-refractivity contribution in [1.82, 2.24) is 20.9 Å². The second kappa shape index (κ2) is 12.0. The van der Waals surface area contributed by atoms with Crippen LogP contribution in [0.25, 0.3) is 0 Å². The second-order valence-electron chi connectivity index (χ2n) is 6.17. The van der Waals surface area contributed by atoms with Gasteiger partial charge < -0.3 is 0 Å². The lowest BCUT2D eigenvalue weighted by Gasteiger charge is -2.25. The van der Waals surface area contributed by atoms with Crippen LogP contribution in [0.2, 0.25) is 0 Å². The molecule has 0 atom stereocenters. The monoisotopic (exact) mass is 448 g/mol. The molecule has 0 saturated carbocycles. The molecule has 0 heterocycles. The van der Waals surface area contributed by atoms with Crippen LogP contribution in [0.1, 0.15) is 17.5 Å². The molecule has 0 bridgehead atoms. The van der Waals surface area contributed by atoms with Gasteiger partial charge >= 0.3 is 0 Å². The van der Waals surface area contributed by atoms with Gasteiger partial charge in [0, 0.05) is 25.2 Å². The Labute approximate surface area is 192 Å². The maximum Gasteiger partial charge on any atom is 0.207 e. The summed E-state index contributed by atoms with van der Waals surface area (Å²) in [5, 5.41) is 21.2. The van der Waals surface area contributed by atoms with Gasteiger partial charge in [-0.05, 0) is 0 Å². The summed E-state index contributed by atoms with van der Waals surface area (Å²) >= 11 is 10.8. The molecule has 2 rings (SSSR count). The number of thiocarbonyl (C=S) groups is 2.